The largest absolute Gasteiger partial charge is 0.488 e. The minimum absolute atomic E-state index is 0.0479. The Morgan fingerprint density at radius 2 is 1.68 bits per heavy atom. The molecule has 0 saturated carbocycles. The Morgan fingerprint density at radius 1 is 1.00 bits per heavy atom. The number of halogens is 1. The number of anilines is 1. The second-order valence-corrected chi connectivity index (χ2v) is 8.38. The van der Waals surface area contributed by atoms with Crippen LogP contribution >= 0.6 is 0 Å². The van der Waals surface area contributed by atoms with E-state index < -0.39 is 11.9 Å². The van der Waals surface area contributed by atoms with Crippen LogP contribution in [0.3, 0.4) is 0 Å². The van der Waals surface area contributed by atoms with Gasteiger partial charge in [-0.1, -0.05) is 24.3 Å². The standard InChI is InChI=1S/C27H31FN6O4/c1-37-13-12-32-25(35)22-11-10-21(15-24(22)38-16-18-2-6-19(28)7-3-18)33-26(36)23(29)14-17-4-8-20(9-5-17)34-27(30)31/h2-11,15,23H,12-14,16,29H2,1H3,(H,32,35)(H,33,36)(H4,30,31,34)/t23-/m0/s1. The fourth-order valence-electron chi connectivity index (χ4n) is 3.45. The highest BCUT2D eigenvalue weighted by molar-refractivity contribution is 5.99. The number of rotatable bonds is 12. The molecule has 0 spiro atoms. The van der Waals surface area contributed by atoms with Crippen molar-refractivity contribution in [1.29, 1.82) is 0 Å². The molecule has 0 aliphatic carbocycles. The molecule has 38 heavy (non-hydrogen) atoms. The van der Waals surface area contributed by atoms with Gasteiger partial charge < -0.3 is 37.3 Å². The molecule has 0 unspecified atom stereocenters. The Balaban J connectivity index is 1.71. The molecule has 0 heterocycles. The van der Waals surface area contributed by atoms with Gasteiger partial charge >= 0.3 is 0 Å². The molecule has 8 N–H and O–H groups in total. The van der Waals surface area contributed by atoms with Crippen LogP contribution in [0.2, 0.25) is 0 Å². The molecule has 11 heteroatoms. The molecule has 0 saturated heterocycles. The molecule has 0 radical (unpaired) electrons. The number of benzene rings is 3. The van der Waals surface area contributed by atoms with E-state index in [1.807, 2.05) is 0 Å². The molecule has 3 aromatic carbocycles. The average Bonchev–Trinajstić information content (AvgIpc) is 2.89. The zero-order valence-corrected chi connectivity index (χ0v) is 20.9. The van der Waals surface area contributed by atoms with Crippen molar-refractivity contribution in [2.24, 2.45) is 22.2 Å². The summed E-state index contributed by atoms with van der Waals surface area (Å²) in [5.41, 5.74) is 19.7. The minimum Gasteiger partial charge on any atom is -0.488 e. The molecule has 0 bridgehead atoms. The fourth-order valence-corrected chi connectivity index (χ4v) is 3.45. The van der Waals surface area contributed by atoms with Gasteiger partial charge in [0.25, 0.3) is 5.91 Å². The molecule has 200 valence electrons. The summed E-state index contributed by atoms with van der Waals surface area (Å²) < 4.78 is 24.1. The first-order valence-corrected chi connectivity index (χ1v) is 11.8. The third-order valence-electron chi connectivity index (χ3n) is 5.38. The fraction of sp³-hybridized carbons (Fsp3) is 0.222. The zero-order valence-electron chi connectivity index (χ0n) is 20.9. The Bertz CT molecular complexity index is 1260. The number of nitrogens with two attached hydrogens (primary N) is 3. The van der Waals surface area contributed by atoms with Gasteiger partial charge in [0.15, 0.2) is 5.96 Å². The molecule has 0 fully saturated rings. The molecule has 2 amide bonds. The van der Waals surface area contributed by atoms with Gasteiger partial charge in [0.2, 0.25) is 5.91 Å². The van der Waals surface area contributed by atoms with E-state index in [9.17, 15) is 14.0 Å². The highest BCUT2D eigenvalue weighted by atomic mass is 19.1. The number of methoxy groups -OCH3 is 1. The van der Waals surface area contributed by atoms with Gasteiger partial charge in [-0.3, -0.25) is 9.59 Å². The predicted octanol–water partition coefficient (Wildman–Crippen LogP) is 2.19. The molecule has 1 atom stereocenters. The highest BCUT2D eigenvalue weighted by Gasteiger charge is 2.18. The van der Waals surface area contributed by atoms with E-state index in [0.717, 1.165) is 5.56 Å². The van der Waals surface area contributed by atoms with Gasteiger partial charge in [-0.15, -0.1) is 0 Å². The molecule has 3 aromatic rings. The van der Waals surface area contributed by atoms with Gasteiger partial charge in [-0.05, 0) is 53.9 Å². The van der Waals surface area contributed by atoms with Crippen LogP contribution in [0, 0.1) is 5.82 Å². The van der Waals surface area contributed by atoms with Crippen molar-refractivity contribution >= 4 is 29.1 Å². The number of carbonyl (C=O) groups excluding carboxylic acids is 2. The highest BCUT2D eigenvalue weighted by Crippen LogP contribution is 2.25. The van der Waals surface area contributed by atoms with E-state index >= 15 is 0 Å². The molecule has 0 aliphatic heterocycles. The minimum atomic E-state index is -0.843. The lowest BCUT2D eigenvalue weighted by atomic mass is 10.1. The van der Waals surface area contributed by atoms with Crippen LogP contribution in [0.15, 0.2) is 71.7 Å². The smallest absolute Gasteiger partial charge is 0.255 e. The van der Waals surface area contributed by atoms with Crippen LogP contribution in [0.4, 0.5) is 15.8 Å². The number of ether oxygens (including phenoxy) is 2. The third-order valence-corrected chi connectivity index (χ3v) is 5.38. The first-order chi connectivity index (χ1) is 18.2. The maximum atomic E-state index is 13.2. The summed E-state index contributed by atoms with van der Waals surface area (Å²) in [5, 5.41) is 5.51. The Morgan fingerprint density at radius 3 is 2.34 bits per heavy atom. The quantitative estimate of drug-likeness (QED) is 0.138. The SMILES string of the molecule is COCCNC(=O)c1ccc(NC(=O)[C@@H](N)Cc2ccc(N=C(N)N)cc2)cc1OCc1ccc(F)cc1. The predicted molar refractivity (Wildman–Crippen MR) is 144 cm³/mol. The number of carbonyl (C=O) groups is 2. The maximum Gasteiger partial charge on any atom is 0.255 e. The van der Waals surface area contributed by atoms with E-state index in [1.54, 1.807) is 54.6 Å². The molecule has 0 aliphatic rings. The van der Waals surface area contributed by atoms with Crippen molar-refractivity contribution in [3.63, 3.8) is 0 Å². The van der Waals surface area contributed by atoms with E-state index in [2.05, 4.69) is 15.6 Å². The van der Waals surface area contributed by atoms with Crippen molar-refractivity contribution in [2.75, 3.05) is 25.6 Å². The zero-order chi connectivity index (χ0) is 27.5. The van der Waals surface area contributed by atoms with Crippen molar-refractivity contribution in [3.8, 4) is 5.75 Å². The van der Waals surface area contributed by atoms with Crippen LogP contribution in [0.5, 0.6) is 5.75 Å². The second kappa shape index (κ2) is 13.7. The summed E-state index contributed by atoms with van der Waals surface area (Å²) in [4.78, 5) is 29.4. The van der Waals surface area contributed by atoms with Crippen molar-refractivity contribution in [1.82, 2.24) is 5.32 Å². The van der Waals surface area contributed by atoms with Crippen molar-refractivity contribution in [3.05, 3.63) is 89.2 Å². The summed E-state index contributed by atoms with van der Waals surface area (Å²) in [6.45, 7) is 0.749. The molecular formula is C27H31FN6O4. The lowest BCUT2D eigenvalue weighted by molar-refractivity contribution is -0.117. The van der Waals surface area contributed by atoms with Gasteiger partial charge in [-0.25, -0.2) is 9.38 Å². The molecular weight excluding hydrogens is 491 g/mol. The Kier molecular flexibility index (Phi) is 10.1. The van der Waals surface area contributed by atoms with Crippen LogP contribution in [-0.2, 0) is 22.6 Å². The second-order valence-electron chi connectivity index (χ2n) is 8.38. The van der Waals surface area contributed by atoms with E-state index in [0.29, 0.717) is 30.1 Å². The van der Waals surface area contributed by atoms with Crippen molar-refractivity contribution < 1.29 is 23.5 Å². The molecule has 0 aromatic heterocycles. The third kappa shape index (κ3) is 8.57. The first kappa shape index (κ1) is 28.1. The van der Waals surface area contributed by atoms with Gasteiger partial charge in [-0.2, -0.15) is 0 Å². The number of aliphatic imine (C=N–C) groups is 1. The first-order valence-electron chi connectivity index (χ1n) is 11.8. The lowest BCUT2D eigenvalue weighted by Gasteiger charge is -2.16. The number of nitrogens with zero attached hydrogens (tertiary/aromatic N) is 1. The number of amides is 2. The van der Waals surface area contributed by atoms with E-state index in [4.69, 9.17) is 26.7 Å². The van der Waals surface area contributed by atoms with Gasteiger partial charge in [0.05, 0.1) is 23.9 Å². The Labute approximate surface area is 220 Å². The summed E-state index contributed by atoms with van der Waals surface area (Å²) in [7, 11) is 1.54. The molecule has 3 rings (SSSR count). The van der Waals surface area contributed by atoms with Crippen LogP contribution in [0.25, 0.3) is 0 Å². The number of guanidine groups is 1. The van der Waals surface area contributed by atoms with E-state index in [1.165, 1.54) is 19.2 Å². The van der Waals surface area contributed by atoms with Gasteiger partial charge in [0.1, 0.15) is 18.2 Å². The van der Waals surface area contributed by atoms with Crippen LogP contribution < -0.4 is 32.6 Å². The Hall–Kier alpha value is -4.48. The summed E-state index contributed by atoms with van der Waals surface area (Å²) in [5.74, 6) is -0.952. The van der Waals surface area contributed by atoms with Gasteiger partial charge in [0, 0.05) is 25.4 Å². The number of hydrogen-bond acceptors (Lipinski definition) is 6. The molecule has 10 nitrogen and oxygen atoms in total. The maximum absolute atomic E-state index is 13.2. The van der Waals surface area contributed by atoms with Crippen LogP contribution in [0.1, 0.15) is 21.5 Å². The summed E-state index contributed by atoms with van der Waals surface area (Å²) in [6.07, 6.45) is 0.280. The number of nitrogens with one attached hydrogen (secondary N) is 2. The average molecular weight is 523 g/mol. The summed E-state index contributed by atoms with van der Waals surface area (Å²) in [6, 6.07) is 16.7. The monoisotopic (exact) mass is 522 g/mol. The normalized spacial score (nSPS) is 11.3. The van der Waals surface area contributed by atoms with Crippen molar-refractivity contribution in [2.45, 2.75) is 19.1 Å². The summed E-state index contributed by atoms with van der Waals surface area (Å²) >= 11 is 0. The van der Waals surface area contributed by atoms with E-state index in [-0.39, 0.29) is 42.0 Å². The number of hydrogen-bond donors (Lipinski definition) is 5. The lowest BCUT2D eigenvalue weighted by Crippen LogP contribution is -2.37. The topological polar surface area (TPSA) is 167 Å². The van der Waals surface area contributed by atoms with Crippen LogP contribution in [-0.4, -0.2) is 44.1 Å².